The molecule has 1 atom stereocenters. The summed E-state index contributed by atoms with van der Waals surface area (Å²) >= 11 is 0. The van der Waals surface area contributed by atoms with E-state index < -0.39 is 0 Å². The molecule has 0 saturated carbocycles. The zero-order valence-corrected chi connectivity index (χ0v) is 9.21. The molecule has 0 aliphatic heterocycles. The Hall–Kier alpha value is -0.830. The molecule has 3 heteroatoms. The van der Waals surface area contributed by atoms with Gasteiger partial charge in [-0.05, 0) is 25.9 Å². The van der Waals surface area contributed by atoms with E-state index in [1.807, 2.05) is 0 Å². The number of hydrogen-bond donors (Lipinski definition) is 1. The summed E-state index contributed by atoms with van der Waals surface area (Å²) in [5, 5.41) is 3.21. The summed E-state index contributed by atoms with van der Waals surface area (Å²) in [5.74, 6) is -0.319. The van der Waals surface area contributed by atoms with E-state index in [0.717, 1.165) is 32.4 Å². The molecule has 0 aliphatic carbocycles. The second-order valence-electron chi connectivity index (χ2n) is 3.19. The van der Waals surface area contributed by atoms with E-state index >= 15 is 0 Å². The number of ether oxygens (including phenoxy) is 1. The Kier molecular flexibility index (Phi) is 8.24. The van der Waals surface area contributed by atoms with Gasteiger partial charge in [0.15, 0.2) is 0 Å². The smallest absolute Gasteiger partial charge is 0.330 e. The molecule has 0 heterocycles. The number of carbonyl (C=O) groups excluding carboxylic acids is 1. The first-order valence-corrected chi connectivity index (χ1v) is 5.28. The minimum absolute atomic E-state index is 0.0320. The zero-order valence-electron chi connectivity index (χ0n) is 9.21. The molecular formula is C11H21NO2. The van der Waals surface area contributed by atoms with Crippen LogP contribution in [0.15, 0.2) is 12.7 Å². The molecule has 14 heavy (non-hydrogen) atoms. The van der Waals surface area contributed by atoms with E-state index in [-0.39, 0.29) is 12.1 Å². The van der Waals surface area contributed by atoms with Crippen molar-refractivity contribution in [2.75, 3.05) is 13.1 Å². The third-order valence-corrected chi connectivity index (χ3v) is 1.95. The van der Waals surface area contributed by atoms with E-state index in [2.05, 4.69) is 25.7 Å². The predicted molar refractivity (Wildman–Crippen MR) is 58.1 cm³/mol. The fraction of sp³-hybridized carbons (Fsp3) is 0.727. The van der Waals surface area contributed by atoms with Crippen LogP contribution in [-0.2, 0) is 9.53 Å². The van der Waals surface area contributed by atoms with Gasteiger partial charge >= 0.3 is 5.97 Å². The lowest BCUT2D eigenvalue weighted by Crippen LogP contribution is -2.23. The van der Waals surface area contributed by atoms with Gasteiger partial charge in [-0.2, -0.15) is 0 Å². The fourth-order valence-electron chi connectivity index (χ4n) is 1.24. The van der Waals surface area contributed by atoms with Crippen LogP contribution in [0.5, 0.6) is 0 Å². The summed E-state index contributed by atoms with van der Waals surface area (Å²) in [6.45, 7) is 9.37. The van der Waals surface area contributed by atoms with E-state index in [1.54, 1.807) is 0 Å². The van der Waals surface area contributed by atoms with E-state index in [9.17, 15) is 4.79 Å². The van der Waals surface area contributed by atoms with Crippen LogP contribution < -0.4 is 5.32 Å². The lowest BCUT2D eigenvalue weighted by atomic mass is 10.1. The third kappa shape index (κ3) is 6.66. The summed E-state index contributed by atoms with van der Waals surface area (Å²) < 4.78 is 5.19. The van der Waals surface area contributed by atoms with Crippen LogP contribution in [-0.4, -0.2) is 25.2 Å². The molecule has 3 nitrogen and oxygen atoms in total. The Labute approximate surface area is 86.5 Å². The van der Waals surface area contributed by atoms with Crippen LogP contribution >= 0.6 is 0 Å². The van der Waals surface area contributed by atoms with Crippen LogP contribution in [0.25, 0.3) is 0 Å². The van der Waals surface area contributed by atoms with E-state index in [4.69, 9.17) is 4.74 Å². The molecule has 0 aliphatic rings. The quantitative estimate of drug-likeness (QED) is 0.368. The molecular weight excluding hydrogens is 178 g/mol. The molecule has 1 N–H and O–H groups in total. The fourth-order valence-corrected chi connectivity index (χ4v) is 1.24. The highest BCUT2D eigenvalue weighted by molar-refractivity contribution is 5.81. The first-order valence-electron chi connectivity index (χ1n) is 5.28. The van der Waals surface area contributed by atoms with Crippen molar-refractivity contribution in [2.45, 2.75) is 39.2 Å². The molecule has 0 spiro atoms. The number of rotatable bonds is 8. The van der Waals surface area contributed by atoms with Gasteiger partial charge in [-0.1, -0.05) is 26.8 Å². The normalized spacial score (nSPS) is 12.1. The number of carbonyl (C=O) groups is 1. The minimum atomic E-state index is -0.319. The second-order valence-corrected chi connectivity index (χ2v) is 3.19. The summed E-state index contributed by atoms with van der Waals surface area (Å²) in [5.41, 5.74) is 0. The maximum absolute atomic E-state index is 11.0. The highest BCUT2D eigenvalue weighted by Gasteiger charge is 2.10. The lowest BCUT2D eigenvalue weighted by molar-refractivity contribution is -0.143. The first-order chi connectivity index (χ1) is 6.74. The molecule has 0 fully saturated rings. The van der Waals surface area contributed by atoms with Gasteiger partial charge in [0.2, 0.25) is 0 Å². The van der Waals surface area contributed by atoms with Crippen LogP contribution in [0.4, 0.5) is 0 Å². The summed E-state index contributed by atoms with van der Waals surface area (Å²) in [7, 11) is 0. The van der Waals surface area contributed by atoms with Crippen molar-refractivity contribution in [1.29, 1.82) is 0 Å². The second kappa shape index (κ2) is 8.75. The monoisotopic (exact) mass is 199 g/mol. The van der Waals surface area contributed by atoms with Crippen LogP contribution in [0.2, 0.25) is 0 Å². The summed E-state index contributed by atoms with van der Waals surface area (Å²) in [6.07, 6.45) is 4.08. The topological polar surface area (TPSA) is 38.3 Å². The molecule has 0 rings (SSSR count). The van der Waals surface area contributed by atoms with Gasteiger partial charge in [-0.15, -0.1) is 0 Å². The Bertz CT molecular complexity index is 169. The third-order valence-electron chi connectivity index (χ3n) is 1.95. The van der Waals surface area contributed by atoms with E-state index in [0.29, 0.717) is 0 Å². The van der Waals surface area contributed by atoms with Crippen molar-refractivity contribution in [1.82, 2.24) is 5.32 Å². The number of nitrogens with one attached hydrogen (secondary N) is 1. The summed E-state index contributed by atoms with van der Waals surface area (Å²) in [6, 6.07) is 0. The Morgan fingerprint density at radius 3 is 2.71 bits per heavy atom. The Balaban J connectivity index is 3.76. The van der Waals surface area contributed by atoms with Crippen molar-refractivity contribution < 1.29 is 9.53 Å². The molecule has 0 radical (unpaired) electrons. The van der Waals surface area contributed by atoms with Crippen molar-refractivity contribution in [2.24, 2.45) is 0 Å². The maximum Gasteiger partial charge on any atom is 0.330 e. The van der Waals surface area contributed by atoms with Gasteiger partial charge in [-0.3, -0.25) is 0 Å². The molecule has 0 saturated heterocycles. The minimum Gasteiger partial charge on any atom is -0.459 e. The van der Waals surface area contributed by atoms with Crippen LogP contribution in [0.1, 0.15) is 33.1 Å². The van der Waals surface area contributed by atoms with E-state index in [1.165, 1.54) is 6.08 Å². The number of esters is 1. The maximum atomic E-state index is 11.0. The Morgan fingerprint density at radius 2 is 2.21 bits per heavy atom. The van der Waals surface area contributed by atoms with Crippen molar-refractivity contribution in [3.63, 3.8) is 0 Å². The Morgan fingerprint density at radius 1 is 1.50 bits per heavy atom. The molecule has 0 bridgehead atoms. The zero-order chi connectivity index (χ0) is 10.8. The lowest BCUT2D eigenvalue weighted by Gasteiger charge is -2.16. The molecule has 0 aromatic rings. The SMILES string of the molecule is C=CC(=O)OC(CCC)CCNCC. The van der Waals surface area contributed by atoms with Gasteiger partial charge in [0, 0.05) is 6.08 Å². The summed E-state index contributed by atoms with van der Waals surface area (Å²) in [4.78, 5) is 11.0. The molecule has 1 unspecified atom stereocenters. The molecule has 0 aromatic heterocycles. The highest BCUT2D eigenvalue weighted by Crippen LogP contribution is 2.06. The average Bonchev–Trinajstić information content (AvgIpc) is 2.18. The number of hydrogen-bond acceptors (Lipinski definition) is 3. The van der Waals surface area contributed by atoms with Gasteiger partial charge in [0.1, 0.15) is 6.10 Å². The standard InChI is InChI=1S/C11H21NO2/c1-4-7-10(8-9-12-6-3)14-11(13)5-2/h5,10,12H,2,4,6-9H2,1,3H3. The van der Waals surface area contributed by atoms with Gasteiger partial charge in [0.05, 0.1) is 0 Å². The van der Waals surface area contributed by atoms with Gasteiger partial charge < -0.3 is 10.1 Å². The van der Waals surface area contributed by atoms with Crippen molar-refractivity contribution in [3.05, 3.63) is 12.7 Å². The largest absolute Gasteiger partial charge is 0.459 e. The first kappa shape index (κ1) is 13.2. The molecule has 0 aromatic carbocycles. The van der Waals surface area contributed by atoms with Gasteiger partial charge in [-0.25, -0.2) is 4.79 Å². The van der Waals surface area contributed by atoms with Gasteiger partial charge in [0.25, 0.3) is 0 Å². The molecule has 82 valence electrons. The highest BCUT2D eigenvalue weighted by atomic mass is 16.5. The van der Waals surface area contributed by atoms with Crippen molar-refractivity contribution >= 4 is 5.97 Å². The predicted octanol–water partition coefficient (Wildman–Crippen LogP) is 1.88. The van der Waals surface area contributed by atoms with Crippen LogP contribution in [0.3, 0.4) is 0 Å². The average molecular weight is 199 g/mol. The van der Waals surface area contributed by atoms with Crippen LogP contribution in [0, 0.1) is 0 Å². The van der Waals surface area contributed by atoms with Crippen molar-refractivity contribution in [3.8, 4) is 0 Å². The molecule has 0 amide bonds.